The lowest BCUT2D eigenvalue weighted by atomic mass is 9.94. The van der Waals surface area contributed by atoms with E-state index in [0.29, 0.717) is 42.7 Å². The number of aromatic hydroxyl groups is 1. The van der Waals surface area contributed by atoms with Gasteiger partial charge in [-0.15, -0.1) is 0 Å². The number of cyclic esters (lactones) is 1. The quantitative estimate of drug-likeness (QED) is 0.452. The van der Waals surface area contributed by atoms with E-state index >= 15 is 0 Å². The number of rotatable bonds is 9. The maximum absolute atomic E-state index is 12.0. The van der Waals surface area contributed by atoms with Gasteiger partial charge in [-0.25, -0.2) is 4.79 Å². The van der Waals surface area contributed by atoms with Crippen molar-refractivity contribution in [3.8, 4) is 11.5 Å². The molecule has 0 unspecified atom stereocenters. The Morgan fingerprint density at radius 2 is 2.03 bits per heavy atom. The Hall–Kier alpha value is -2.58. The monoisotopic (exact) mass is 432 g/mol. The number of methoxy groups -OCH3 is 1. The number of phenolic OH excluding ortho intramolecular Hbond substituents is 1. The third kappa shape index (κ3) is 5.57. The predicted octanol–water partition coefficient (Wildman–Crippen LogP) is 2.10. The summed E-state index contributed by atoms with van der Waals surface area (Å²) in [4.78, 5) is 26.3. The molecule has 1 aromatic carbocycles. The van der Waals surface area contributed by atoms with Gasteiger partial charge in [-0.2, -0.15) is 0 Å². The van der Waals surface area contributed by atoms with Crippen LogP contribution >= 0.6 is 0 Å². The first-order valence-electron chi connectivity index (χ1n) is 10.7. The molecule has 2 N–H and O–H groups in total. The maximum Gasteiger partial charge on any atom is 0.342 e. The van der Waals surface area contributed by atoms with Crippen molar-refractivity contribution >= 4 is 11.9 Å². The first-order valence-corrected chi connectivity index (χ1v) is 10.7. The number of nitrogens with zero attached hydrogens (tertiary/aromatic N) is 1. The third-order valence-corrected chi connectivity index (χ3v) is 5.91. The first kappa shape index (κ1) is 23.1. The smallest absolute Gasteiger partial charge is 0.342 e. The van der Waals surface area contributed by atoms with Crippen LogP contribution in [0.1, 0.15) is 46.8 Å². The van der Waals surface area contributed by atoms with Crippen LogP contribution in [0.25, 0.3) is 0 Å². The zero-order valence-corrected chi connectivity index (χ0v) is 18.6. The largest absolute Gasteiger partial charge is 0.507 e. The minimum atomic E-state index is -0.510. The Bertz CT molecular complexity index is 858. The zero-order valence-electron chi connectivity index (χ0n) is 18.6. The van der Waals surface area contributed by atoms with Gasteiger partial charge in [0.15, 0.2) is 0 Å². The normalized spacial score (nSPS) is 16.7. The number of allylic oxidation sites excluding steroid dienone is 2. The fourth-order valence-corrected chi connectivity index (χ4v) is 4.00. The standard InChI is InChI=1S/C23H32N2O6/c1-15(5-7-19(26)30-13-12-25-10-8-24-9-11-25)4-6-17-21(27)20-18(14-31-23(20)28)16(2)22(17)29-3/h4,24,27H,5-14H2,1-3H3. The van der Waals surface area contributed by atoms with Gasteiger partial charge in [0.1, 0.15) is 30.3 Å². The highest BCUT2D eigenvalue weighted by Gasteiger charge is 2.31. The van der Waals surface area contributed by atoms with Crippen LogP contribution in [0.15, 0.2) is 11.6 Å². The Morgan fingerprint density at radius 1 is 1.29 bits per heavy atom. The lowest BCUT2D eigenvalue weighted by Gasteiger charge is -2.26. The Morgan fingerprint density at radius 3 is 2.74 bits per heavy atom. The highest BCUT2D eigenvalue weighted by atomic mass is 16.5. The van der Waals surface area contributed by atoms with Crippen molar-refractivity contribution < 1.29 is 28.9 Å². The molecule has 0 amide bonds. The maximum atomic E-state index is 12.0. The van der Waals surface area contributed by atoms with Gasteiger partial charge < -0.3 is 24.6 Å². The number of phenols is 1. The van der Waals surface area contributed by atoms with E-state index in [2.05, 4.69) is 10.2 Å². The molecule has 2 aliphatic rings. The zero-order chi connectivity index (χ0) is 22.4. The summed E-state index contributed by atoms with van der Waals surface area (Å²) < 4.78 is 15.9. The summed E-state index contributed by atoms with van der Waals surface area (Å²) in [6, 6.07) is 0. The van der Waals surface area contributed by atoms with Crippen LogP contribution in [0.4, 0.5) is 0 Å². The molecule has 2 aliphatic heterocycles. The Kier molecular flexibility index (Phi) is 7.92. The van der Waals surface area contributed by atoms with Gasteiger partial charge in [0.05, 0.1) is 7.11 Å². The summed E-state index contributed by atoms with van der Waals surface area (Å²) in [6.45, 7) is 9.04. The van der Waals surface area contributed by atoms with E-state index in [-0.39, 0.29) is 23.9 Å². The number of hydrogen-bond donors (Lipinski definition) is 2. The van der Waals surface area contributed by atoms with E-state index in [1.54, 1.807) is 7.11 Å². The Labute approximate surface area is 183 Å². The molecule has 3 rings (SSSR count). The van der Waals surface area contributed by atoms with Crippen LogP contribution in [-0.4, -0.2) is 68.4 Å². The summed E-state index contributed by atoms with van der Waals surface area (Å²) in [7, 11) is 1.54. The van der Waals surface area contributed by atoms with Crippen LogP contribution < -0.4 is 10.1 Å². The third-order valence-electron chi connectivity index (χ3n) is 5.91. The first-order chi connectivity index (χ1) is 14.9. The van der Waals surface area contributed by atoms with Gasteiger partial charge in [-0.05, 0) is 32.3 Å². The topological polar surface area (TPSA) is 97.3 Å². The minimum Gasteiger partial charge on any atom is -0.507 e. The molecule has 0 saturated carbocycles. The van der Waals surface area contributed by atoms with Gasteiger partial charge in [0.2, 0.25) is 0 Å². The van der Waals surface area contributed by atoms with Crippen LogP contribution in [-0.2, 0) is 27.3 Å². The predicted molar refractivity (Wildman–Crippen MR) is 115 cm³/mol. The molecule has 8 nitrogen and oxygen atoms in total. The van der Waals surface area contributed by atoms with E-state index in [1.165, 1.54) is 0 Å². The van der Waals surface area contributed by atoms with Crippen molar-refractivity contribution in [2.75, 3.05) is 46.4 Å². The number of piperazine rings is 1. The SMILES string of the molecule is COc1c(C)c2c(c(O)c1CC=C(C)CCC(=O)OCCN1CCNCC1)C(=O)OC2. The number of nitrogens with one attached hydrogen (secondary N) is 1. The second-order valence-electron chi connectivity index (χ2n) is 7.98. The number of fused-ring (bicyclic) bond motifs is 1. The van der Waals surface area contributed by atoms with Crippen LogP contribution in [0.2, 0.25) is 0 Å². The van der Waals surface area contributed by atoms with Gasteiger partial charge in [0.25, 0.3) is 0 Å². The van der Waals surface area contributed by atoms with Gasteiger partial charge in [-0.3, -0.25) is 9.69 Å². The van der Waals surface area contributed by atoms with Crippen LogP contribution in [0.5, 0.6) is 11.5 Å². The average molecular weight is 433 g/mol. The second kappa shape index (κ2) is 10.6. The summed E-state index contributed by atoms with van der Waals surface area (Å²) >= 11 is 0. The van der Waals surface area contributed by atoms with Crippen molar-refractivity contribution in [3.63, 3.8) is 0 Å². The van der Waals surface area contributed by atoms with E-state index in [0.717, 1.165) is 43.9 Å². The summed E-state index contributed by atoms with van der Waals surface area (Å²) in [6.07, 6.45) is 3.21. The number of carbonyl (C=O) groups is 2. The Balaban J connectivity index is 1.53. The van der Waals surface area contributed by atoms with E-state index in [1.807, 2.05) is 19.9 Å². The molecule has 0 bridgehead atoms. The van der Waals surface area contributed by atoms with Crippen molar-refractivity contribution in [2.24, 2.45) is 0 Å². The molecule has 2 heterocycles. The fourth-order valence-electron chi connectivity index (χ4n) is 4.00. The van der Waals surface area contributed by atoms with E-state index in [4.69, 9.17) is 14.2 Å². The molecule has 31 heavy (non-hydrogen) atoms. The molecule has 170 valence electrons. The lowest BCUT2D eigenvalue weighted by molar-refractivity contribution is -0.144. The molecule has 0 atom stereocenters. The van der Waals surface area contributed by atoms with Crippen molar-refractivity contribution in [2.45, 2.75) is 39.7 Å². The highest BCUT2D eigenvalue weighted by Crippen LogP contribution is 2.42. The van der Waals surface area contributed by atoms with Gasteiger partial charge in [-0.1, -0.05) is 11.6 Å². The number of ether oxygens (including phenoxy) is 3. The molecule has 0 radical (unpaired) electrons. The average Bonchev–Trinajstić information content (AvgIpc) is 3.16. The molecule has 0 aromatic heterocycles. The fraction of sp³-hybridized carbons (Fsp3) is 0.565. The number of hydrogen-bond acceptors (Lipinski definition) is 8. The summed E-state index contributed by atoms with van der Waals surface area (Å²) in [5.41, 5.74) is 3.26. The molecule has 1 fully saturated rings. The van der Waals surface area contributed by atoms with Crippen molar-refractivity contribution in [3.05, 3.63) is 33.9 Å². The molecule has 8 heteroatoms. The van der Waals surface area contributed by atoms with Crippen molar-refractivity contribution in [1.82, 2.24) is 10.2 Å². The van der Waals surface area contributed by atoms with E-state index in [9.17, 15) is 14.7 Å². The van der Waals surface area contributed by atoms with Crippen molar-refractivity contribution in [1.29, 1.82) is 0 Å². The molecule has 0 aliphatic carbocycles. The number of benzene rings is 1. The van der Waals surface area contributed by atoms with Gasteiger partial charge in [0, 0.05) is 50.3 Å². The van der Waals surface area contributed by atoms with E-state index < -0.39 is 5.97 Å². The summed E-state index contributed by atoms with van der Waals surface area (Å²) in [5.74, 6) is -0.245. The minimum absolute atomic E-state index is 0.0867. The molecule has 0 spiro atoms. The number of carbonyl (C=O) groups excluding carboxylic acids is 2. The van der Waals surface area contributed by atoms with Crippen LogP contribution in [0, 0.1) is 6.92 Å². The molecule has 1 aromatic rings. The van der Waals surface area contributed by atoms with Gasteiger partial charge >= 0.3 is 11.9 Å². The molecule has 1 saturated heterocycles. The lowest BCUT2D eigenvalue weighted by Crippen LogP contribution is -2.44. The second-order valence-corrected chi connectivity index (χ2v) is 7.98. The molecular formula is C23H32N2O6. The molecular weight excluding hydrogens is 400 g/mol. The highest BCUT2D eigenvalue weighted by molar-refractivity contribution is 5.98. The summed E-state index contributed by atoms with van der Waals surface area (Å²) in [5, 5.41) is 14.0. The number of esters is 2. The van der Waals surface area contributed by atoms with Crippen LogP contribution in [0.3, 0.4) is 0 Å².